The van der Waals surface area contributed by atoms with Crippen molar-refractivity contribution in [2.45, 2.75) is 94.6 Å². The van der Waals surface area contributed by atoms with Gasteiger partial charge in [-0.1, -0.05) is 173 Å². The molecule has 0 fully saturated rings. The van der Waals surface area contributed by atoms with Crippen LogP contribution in [0, 0.1) is 22.7 Å². The van der Waals surface area contributed by atoms with Gasteiger partial charge < -0.3 is 9.47 Å². The van der Waals surface area contributed by atoms with Gasteiger partial charge in [-0.05, 0) is 48.2 Å². The number of ether oxygens (including phenoxy) is 2. The summed E-state index contributed by atoms with van der Waals surface area (Å²) >= 11 is 9.36. The van der Waals surface area contributed by atoms with Gasteiger partial charge in [0.2, 0.25) is 0 Å². The van der Waals surface area contributed by atoms with E-state index in [1.54, 1.807) is 47.0 Å². The number of thioether (sulfide) groups is 6. The molecule has 2 aliphatic rings. The van der Waals surface area contributed by atoms with Crippen LogP contribution in [0.25, 0.3) is 12.2 Å². The molecular formula is C40H40N2O2S6. The summed E-state index contributed by atoms with van der Waals surface area (Å²) in [6.07, 6.45) is 12.5. The standard InChI is InChI=1S/C40H40N2O2S6/c1-5-9-11-13-23-43-33-35-37(49-39(47-35)31(25-41)45-29-19-15-27(7-3)16-20-29)34(44-24-14-12-10-6-2)38-36(33)48-40(50-38)32(26-42)46-30-21-17-28(8-4)18-22-30/h7-8,15-22H,3-6,9-14,23-24H2,1-2H3. The van der Waals surface area contributed by atoms with Crippen molar-refractivity contribution < 1.29 is 9.47 Å². The maximum atomic E-state index is 10.4. The van der Waals surface area contributed by atoms with E-state index in [0.717, 1.165) is 99.0 Å². The Hall–Kier alpha value is -2.70. The summed E-state index contributed by atoms with van der Waals surface area (Å²) in [5.41, 5.74) is 2.08. The first kappa shape index (κ1) is 38.5. The van der Waals surface area contributed by atoms with Gasteiger partial charge in [0.15, 0.2) is 0 Å². The Morgan fingerprint density at radius 3 is 1.26 bits per heavy atom. The number of nitrogens with zero attached hydrogens (tertiary/aromatic N) is 2. The molecule has 50 heavy (non-hydrogen) atoms. The van der Waals surface area contributed by atoms with Crippen LogP contribution in [0.1, 0.15) is 76.3 Å². The van der Waals surface area contributed by atoms with E-state index in [1.165, 1.54) is 36.4 Å². The summed E-state index contributed by atoms with van der Waals surface area (Å²) in [6.45, 7) is 13.3. The van der Waals surface area contributed by atoms with Crippen molar-refractivity contribution in [3.8, 4) is 23.6 Å². The highest BCUT2D eigenvalue weighted by molar-refractivity contribution is 8.26. The van der Waals surface area contributed by atoms with E-state index in [0.29, 0.717) is 23.0 Å². The van der Waals surface area contributed by atoms with Gasteiger partial charge >= 0.3 is 0 Å². The van der Waals surface area contributed by atoms with Gasteiger partial charge in [0.1, 0.15) is 33.4 Å². The summed E-state index contributed by atoms with van der Waals surface area (Å²) in [5.74, 6) is 1.67. The second-order valence-electron chi connectivity index (χ2n) is 11.4. The molecule has 10 heteroatoms. The molecule has 2 aliphatic heterocycles. The van der Waals surface area contributed by atoms with Gasteiger partial charge in [0.05, 0.1) is 41.3 Å². The monoisotopic (exact) mass is 772 g/mol. The van der Waals surface area contributed by atoms with E-state index in [-0.39, 0.29) is 0 Å². The first-order valence-corrected chi connectivity index (χ1v) is 21.7. The maximum Gasteiger partial charge on any atom is 0.149 e. The topological polar surface area (TPSA) is 66.0 Å². The van der Waals surface area contributed by atoms with Crippen LogP contribution in [-0.2, 0) is 0 Å². The summed E-state index contributed by atoms with van der Waals surface area (Å²) in [7, 11) is 0. The van der Waals surface area contributed by atoms with E-state index in [1.807, 2.05) is 60.7 Å². The summed E-state index contributed by atoms with van der Waals surface area (Å²) < 4.78 is 15.2. The molecule has 258 valence electrons. The van der Waals surface area contributed by atoms with Crippen LogP contribution in [0.2, 0.25) is 0 Å². The van der Waals surface area contributed by atoms with Crippen molar-refractivity contribution in [2.75, 3.05) is 13.2 Å². The van der Waals surface area contributed by atoms with Crippen molar-refractivity contribution in [1.82, 2.24) is 0 Å². The van der Waals surface area contributed by atoms with Gasteiger partial charge in [-0.15, -0.1) is 0 Å². The van der Waals surface area contributed by atoms with E-state index >= 15 is 0 Å². The van der Waals surface area contributed by atoms with Gasteiger partial charge in [-0.3, -0.25) is 0 Å². The number of hydrogen-bond acceptors (Lipinski definition) is 10. The Labute approximate surface area is 323 Å². The third kappa shape index (κ3) is 9.79. The van der Waals surface area contributed by atoms with Crippen LogP contribution in [0.3, 0.4) is 0 Å². The Bertz CT molecular complexity index is 1660. The van der Waals surface area contributed by atoms with Crippen molar-refractivity contribution >= 4 is 82.7 Å². The first-order chi connectivity index (χ1) is 24.5. The molecule has 0 bridgehead atoms. The first-order valence-electron chi connectivity index (χ1n) is 16.8. The fourth-order valence-electron chi connectivity index (χ4n) is 5.06. The minimum absolute atomic E-state index is 0.607. The quantitative estimate of drug-likeness (QED) is 0.0709. The lowest BCUT2D eigenvalue weighted by molar-refractivity contribution is 0.271. The molecule has 0 aromatic heterocycles. The molecule has 0 amide bonds. The highest BCUT2D eigenvalue weighted by Crippen LogP contribution is 2.69. The lowest BCUT2D eigenvalue weighted by atomic mass is 10.2. The van der Waals surface area contributed by atoms with Crippen LogP contribution in [0.4, 0.5) is 0 Å². The second kappa shape index (κ2) is 19.8. The zero-order valence-corrected chi connectivity index (χ0v) is 33.3. The lowest BCUT2D eigenvalue weighted by Crippen LogP contribution is -2.04. The molecule has 0 spiro atoms. The average molecular weight is 773 g/mol. The lowest BCUT2D eigenvalue weighted by Gasteiger charge is -2.18. The molecule has 0 saturated heterocycles. The highest BCUT2D eigenvalue weighted by Gasteiger charge is 2.38. The van der Waals surface area contributed by atoms with Crippen molar-refractivity contribution in [3.63, 3.8) is 0 Å². The minimum atomic E-state index is 0.607. The molecule has 4 nitrogen and oxygen atoms in total. The molecule has 0 N–H and O–H groups in total. The summed E-state index contributed by atoms with van der Waals surface area (Å²) in [5, 5.41) is 20.7. The molecule has 3 aromatic rings. The number of unbranched alkanes of at least 4 members (excludes halogenated alkanes) is 6. The van der Waals surface area contributed by atoms with Crippen LogP contribution in [0.5, 0.6) is 11.5 Å². The van der Waals surface area contributed by atoms with Crippen LogP contribution >= 0.6 is 70.6 Å². The zero-order valence-electron chi connectivity index (χ0n) is 28.4. The number of benzene rings is 3. The molecular weight excluding hydrogens is 733 g/mol. The number of hydrogen-bond donors (Lipinski definition) is 0. The SMILES string of the molecule is C=Cc1ccc(SC(C#N)=C2Sc3c(OCCCCCC)c4c(c(OCCCCCC)c3S2)SC(=C(C#N)Sc2ccc(C=C)cc2)S4)cc1. The molecule has 0 saturated carbocycles. The molecule has 5 rings (SSSR count). The third-order valence-electron chi connectivity index (χ3n) is 7.75. The van der Waals surface area contributed by atoms with Crippen molar-refractivity contribution in [1.29, 1.82) is 10.5 Å². The van der Waals surface area contributed by atoms with Crippen LogP contribution in [-0.4, -0.2) is 13.2 Å². The molecule has 0 unspecified atom stereocenters. The largest absolute Gasteiger partial charge is 0.491 e. The fourth-order valence-corrected chi connectivity index (χ4v) is 12.3. The molecule has 0 radical (unpaired) electrons. The maximum absolute atomic E-state index is 10.4. The van der Waals surface area contributed by atoms with Gasteiger partial charge in [0.25, 0.3) is 0 Å². The summed E-state index contributed by atoms with van der Waals surface area (Å²) in [6, 6.07) is 21.1. The van der Waals surface area contributed by atoms with E-state index in [4.69, 9.17) is 9.47 Å². The normalized spacial score (nSPS) is 12.9. The van der Waals surface area contributed by atoms with Crippen molar-refractivity contribution in [3.05, 3.63) is 91.1 Å². The van der Waals surface area contributed by atoms with Crippen molar-refractivity contribution in [2.24, 2.45) is 0 Å². The summed E-state index contributed by atoms with van der Waals surface area (Å²) in [4.78, 5) is 7.30. The molecule has 0 aliphatic carbocycles. The number of fused-ring (bicyclic) bond motifs is 2. The van der Waals surface area contributed by atoms with Crippen LogP contribution in [0.15, 0.2) is 109 Å². The predicted molar refractivity (Wildman–Crippen MR) is 219 cm³/mol. The fraction of sp³-hybridized carbons (Fsp3) is 0.300. The minimum Gasteiger partial charge on any atom is -0.491 e. The Morgan fingerprint density at radius 2 is 0.960 bits per heavy atom. The van der Waals surface area contributed by atoms with Gasteiger partial charge in [-0.2, -0.15) is 10.5 Å². The third-order valence-corrected chi connectivity index (χ3v) is 15.5. The Morgan fingerprint density at radius 1 is 0.600 bits per heavy atom. The zero-order chi connectivity index (χ0) is 35.3. The van der Waals surface area contributed by atoms with Gasteiger partial charge in [0, 0.05) is 9.79 Å². The second-order valence-corrected chi connectivity index (χ2v) is 18.2. The highest BCUT2D eigenvalue weighted by atomic mass is 32.2. The van der Waals surface area contributed by atoms with Gasteiger partial charge in [-0.25, -0.2) is 0 Å². The average Bonchev–Trinajstić information content (AvgIpc) is 3.79. The van der Waals surface area contributed by atoms with E-state index < -0.39 is 0 Å². The molecule has 2 heterocycles. The number of rotatable bonds is 18. The smallest absolute Gasteiger partial charge is 0.149 e. The van der Waals surface area contributed by atoms with Crippen LogP contribution < -0.4 is 9.47 Å². The molecule has 0 atom stereocenters. The predicted octanol–water partition coefficient (Wildman–Crippen LogP) is 14.3. The Kier molecular flexibility index (Phi) is 15.2. The van der Waals surface area contributed by atoms with E-state index in [9.17, 15) is 10.5 Å². The number of nitriles is 2. The Balaban J connectivity index is 1.55. The van der Waals surface area contributed by atoms with E-state index in [2.05, 4.69) is 39.1 Å². The molecule has 3 aromatic carbocycles. The number of allylic oxidation sites excluding steroid dienone is 2.